The number of hydrogen-bond donors (Lipinski definition) is 2. The van der Waals surface area contributed by atoms with Gasteiger partial charge in [0.1, 0.15) is 11.9 Å². The van der Waals surface area contributed by atoms with Gasteiger partial charge in [0, 0.05) is 36.3 Å². The van der Waals surface area contributed by atoms with Gasteiger partial charge >= 0.3 is 5.97 Å². The zero-order chi connectivity index (χ0) is 28.2. The summed E-state index contributed by atoms with van der Waals surface area (Å²) in [7, 11) is 0. The molecule has 1 aliphatic rings. The number of aromatic nitrogens is 1. The Morgan fingerprint density at radius 3 is 2.33 bits per heavy atom. The van der Waals surface area contributed by atoms with Crippen LogP contribution in [0.3, 0.4) is 0 Å². The summed E-state index contributed by atoms with van der Waals surface area (Å²) < 4.78 is 21.7. The molecule has 1 aliphatic heterocycles. The Balaban J connectivity index is 1.71. The number of nitrogens with zero attached hydrogens (tertiary/aromatic N) is 1. The highest BCUT2D eigenvalue weighted by Gasteiger charge is 2.32. The largest absolute Gasteiger partial charge is 0.462 e. The van der Waals surface area contributed by atoms with Gasteiger partial charge in [-0.2, -0.15) is 0 Å². The number of carbonyl (C=O) groups excluding carboxylic acids is 2. The fourth-order valence-corrected chi connectivity index (χ4v) is 5.52. The van der Waals surface area contributed by atoms with Crippen LogP contribution in [0.4, 0.5) is 10.1 Å². The second kappa shape index (κ2) is 11.9. The van der Waals surface area contributed by atoms with Crippen LogP contribution in [0.1, 0.15) is 55.1 Å². The summed E-state index contributed by atoms with van der Waals surface area (Å²) in [6.07, 6.45) is -0.354. The minimum Gasteiger partial charge on any atom is -0.462 e. The molecule has 0 unspecified atom stereocenters. The van der Waals surface area contributed by atoms with Crippen LogP contribution in [0, 0.1) is 5.82 Å². The molecule has 2 atom stereocenters. The van der Waals surface area contributed by atoms with Crippen molar-refractivity contribution in [2.24, 2.45) is 0 Å². The smallest absolute Gasteiger partial charge is 0.308 e. The summed E-state index contributed by atoms with van der Waals surface area (Å²) in [5, 5.41) is 13.2. The summed E-state index contributed by atoms with van der Waals surface area (Å²) >= 11 is 0. The molecule has 1 saturated heterocycles. The third-order valence-corrected chi connectivity index (χ3v) is 7.20. The first-order valence-electron chi connectivity index (χ1n) is 13.6. The minimum atomic E-state index is -0.732. The molecule has 2 N–H and O–H groups in total. The van der Waals surface area contributed by atoms with E-state index in [4.69, 9.17) is 4.74 Å². The third-order valence-electron chi connectivity index (χ3n) is 7.20. The van der Waals surface area contributed by atoms with Gasteiger partial charge in [0.15, 0.2) is 0 Å². The molecule has 0 saturated carbocycles. The molecule has 3 aromatic carbocycles. The van der Waals surface area contributed by atoms with Crippen LogP contribution >= 0.6 is 0 Å². The van der Waals surface area contributed by atoms with Crippen LogP contribution in [0.25, 0.3) is 22.4 Å². The van der Waals surface area contributed by atoms with Crippen LogP contribution < -0.4 is 5.32 Å². The quantitative estimate of drug-likeness (QED) is 0.240. The van der Waals surface area contributed by atoms with E-state index in [2.05, 4.69) is 9.88 Å². The number of anilines is 1. The lowest BCUT2D eigenvalue weighted by molar-refractivity contribution is -0.160. The van der Waals surface area contributed by atoms with E-state index < -0.39 is 18.2 Å². The van der Waals surface area contributed by atoms with Crippen molar-refractivity contribution in [2.45, 2.75) is 57.8 Å². The number of aliphatic hydroxyl groups excluding tert-OH is 1. The summed E-state index contributed by atoms with van der Waals surface area (Å²) in [6, 6.07) is 25.3. The van der Waals surface area contributed by atoms with E-state index in [9.17, 15) is 19.1 Å². The number of hydrogen-bond acceptors (Lipinski definition) is 4. The standard InChI is InChI=1S/C33H33FN2O4/c1-21(2)31-30(33(39)35-25-11-7-4-8-12-25)29(22-9-5-3-6-10-22)32(23-13-15-24(34)16-14-23)36(31)18-17-27-19-26(37)20-28(38)40-27/h3-16,21,26-27,37H,17-20H2,1-2H3,(H,35,39)/t26-,27-/m1/s1/i29+2. The number of nitrogens with one attached hydrogen (secondary N) is 1. The Morgan fingerprint density at radius 1 is 1.05 bits per heavy atom. The monoisotopic (exact) mass is 542 g/mol. The lowest BCUT2D eigenvalue weighted by atomic mass is 10.0. The number of esters is 1. The summed E-state index contributed by atoms with van der Waals surface area (Å²) in [6.45, 7) is 4.51. The van der Waals surface area contributed by atoms with Gasteiger partial charge in [-0.1, -0.05) is 62.4 Å². The third kappa shape index (κ3) is 5.84. The van der Waals surface area contributed by atoms with Gasteiger partial charge in [0.25, 0.3) is 5.91 Å². The molecule has 40 heavy (non-hydrogen) atoms. The van der Waals surface area contributed by atoms with Gasteiger partial charge in [-0.15, -0.1) is 0 Å². The predicted molar refractivity (Wildman–Crippen MR) is 153 cm³/mol. The normalized spacial score (nSPS) is 17.1. The number of para-hydroxylation sites is 1. The summed E-state index contributed by atoms with van der Waals surface area (Å²) in [5.74, 6) is -1.05. The van der Waals surface area contributed by atoms with Crippen molar-refractivity contribution < 1.29 is 23.8 Å². The van der Waals surface area contributed by atoms with Gasteiger partial charge in [-0.25, -0.2) is 4.39 Å². The van der Waals surface area contributed by atoms with Crippen molar-refractivity contribution in [3.05, 3.63) is 102 Å². The first-order valence-corrected chi connectivity index (χ1v) is 13.6. The Bertz CT molecular complexity index is 1480. The van der Waals surface area contributed by atoms with E-state index in [1.807, 2.05) is 74.5 Å². The SMILES string of the molecule is CC(C)c1c(C(=O)Nc2ccccc2)[14c](-c2ccccc2)c(-c2ccc(F)cc2)n1CC[C@@H]1C[C@@H](O)CC(=O)O1. The second-order valence-corrected chi connectivity index (χ2v) is 10.5. The number of amides is 1. The van der Waals surface area contributed by atoms with Crippen molar-refractivity contribution in [3.63, 3.8) is 0 Å². The maximum Gasteiger partial charge on any atom is 0.308 e. The van der Waals surface area contributed by atoms with Crippen LogP contribution in [0.15, 0.2) is 84.9 Å². The first-order chi connectivity index (χ1) is 19.3. The average Bonchev–Trinajstić information content (AvgIpc) is 3.28. The number of halogens is 1. The highest BCUT2D eigenvalue weighted by molar-refractivity contribution is 6.12. The number of benzene rings is 3. The molecule has 0 spiro atoms. The van der Waals surface area contributed by atoms with Crippen LogP contribution in [-0.4, -0.2) is 33.8 Å². The van der Waals surface area contributed by atoms with Crippen molar-refractivity contribution in [3.8, 4) is 22.4 Å². The molecule has 206 valence electrons. The van der Waals surface area contributed by atoms with Crippen LogP contribution in [0.2, 0.25) is 0 Å². The highest BCUT2D eigenvalue weighted by Crippen LogP contribution is 2.42. The van der Waals surface area contributed by atoms with Crippen molar-refractivity contribution >= 4 is 17.6 Å². The van der Waals surface area contributed by atoms with Crippen LogP contribution in [-0.2, 0) is 16.1 Å². The summed E-state index contributed by atoms with van der Waals surface area (Å²) in [4.78, 5) is 26.1. The molecule has 1 amide bonds. The Kier molecular flexibility index (Phi) is 8.12. The summed E-state index contributed by atoms with van der Waals surface area (Å²) in [5.41, 5.74) is 5.22. The van der Waals surface area contributed by atoms with E-state index in [-0.39, 0.29) is 24.1 Å². The number of aliphatic hydroxyl groups is 1. The van der Waals surface area contributed by atoms with E-state index in [1.165, 1.54) is 12.1 Å². The molecule has 0 radical (unpaired) electrons. The van der Waals surface area contributed by atoms with Crippen molar-refractivity contribution in [1.82, 2.24) is 4.57 Å². The van der Waals surface area contributed by atoms with Crippen molar-refractivity contribution in [1.29, 1.82) is 0 Å². The first kappa shape index (κ1) is 27.3. The molecular formula is C33H33FN2O4. The molecule has 6 nitrogen and oxygen atoms in total. The number of rotatable bonds is 8. The van der Waals surface area contributed by atoms with Crippen molar-refractivity contribution in [2.75, 3.05) is 5.32 Å². The topological polar surface area (TPSA) is 80.6 Å². The van der Waals surface area contributed by atoms with Gasteiger partial charge in [0.2, 0.25) is 0 Å². The average molecular weight is 543 g/mol. The van der Waals surface area contributed by atoms with Gasteiger partial charge < -0.3 is 19.7 Å². The maximum absolute atomic E-state index is 14.1. The molecule has 1 aromatic heterocycles. The molecule has 2 heterocycles. The second-order valence-electron chi connectivity index (χ2n) is 10.5. The molecule has 0 aliphatic carbocycles. The Labute approximate surface area is 233 Å². The molecular weight excluding hydrogens is 509 g/mol. The Morgan fingerprint density at radius 2 is 1.70 bits per heavy atom. The molecule has 4 aromatic rings. The lowest BCUT2D eigenvalue weighted by Crippen LogP contribution is -2.33. The van der Waals surface area contributed by atoms with Gasteiger partial charge in [-0.05, 0) is 53.4 Å². The molecule has 5 rings (SSSR count). The lowest BCUT2D eigenvalue weighted by Gasteiger charge is -2.27. The predicted octanol–water partition coefficient (Wildman–Crippen LogP) is 6.79. The fourth-order valence-electron chi connectivity index (χ4n) is 5.52. The van der Waals surface area contributed by atoms with E-state index in [0.29, 0.717) is 30.6 Å². The van der Waals surface area contributed by atoms with Crippen LogP contribution in [0.5, 0.6) is 0 Å². The number of carbonyl (C=O) groups is 2. The number of ether oxygens (including phenoxy) is 1. The minimum absolute atomic E-state index is 0.0000536. The molecule has 0 bridgehead atoms. The van der Waals surface area contributed by atoms with E-state index >= 15 is 0 Å². The zero-order valence-corrected chi connectivity index (χ0v) is 22.6. The molecule has 1 fully saturated rings. The fraction of sp³-hybridized carbons (Fsp3) is 0.273. The Hall–Kier alpha value is -4.23. The molecule has 7 heteroatoms. The highest BCUT2D eigenvalue weighted by atomic mass is 19.1. The number of cyclic esters (lactones) is 1. The maximum atomic E-state index is 14.1. The van der Waals surface area contributed by atoms with E-state index in [0.717, 1.165) is 28.1 Å². The van der Waals surface area contributed by atoms with E-state index in [1.54, 1.807) is 12.1 Å². The van der Waals surface area contributed by atoms with Gasteiger partial charge in [0.05, 0.1) is 23.8 Å². The zero-order valence-electron chi connectivity index (χ0n) is 22.6. The van der Waals surface area contributed by atoms with Gasteiger partial charge in [-0.3, -0.25) is 9.59 Å².